The van der Waals surface area contributed by atoms with E-state index in [9.17, 15) is 18.4 Å². The van der Waals surface area contributed by atoms with Crippen LogP contribution in [0.3, 0.4) is 0 Å². The van der Waals surface area contributed by atoms with Gasteiger partial charge in [-0.2, -0.15) is 0 Å². The lowest BCUT2D eigenvalue weighted by Crippen LogP contribution is -2.27. The molecule has 6 nitrogen and oxygen atoms in total. The van der Waals surface area contributed by atoms with Crippen LogP contribution in [0.5, 0.6) is 0 Å². The van der Waals surface area contributed by atoms with Crippen LogP contribution in [0.15, 0.2) is 27.6 Å². The summed E-state index contributed by atoms with van der Waals surface area (Å²) in [7, 11) is 3.73. The summed E-state index contributed by atoms with van der Waals surface area (Å²) < 4.78 is 32.5. The molecule has 0 radical (unpaired) electrons. The van der Waals surface area contributed by atoms with E-state index in [-0.39, 0.29) is 35.0 Å². The van der Waals surface area contributed by atoms with E-state index in [2.05, 4.69) is 9.98 Å². The van der Waals surface area contributed by atoms with Crippen molar-refractivity contribution in [3.05, 3.63) is 41.3 Å². The number of nitrogens with zero attached hydrogens (tertiary/aromatic N) is 3. The maximum atomic E-state index is 13.9. The molecular weight excluding hydrogens is 332 g/mol. The Morgan fingerprint density at radius 3 is 2.76 bits per heavy atom. The summed E-state index contributed by atoms with van der Waals surface area (Å²) in [5, 5.41) is 0. The molecule has 0 fully saturated rings. The summed E-state index contributed by atoms with van der Waals surface area (Å²) in [5.41, 5.74) is -0.362. The summed E-state index contributed by atoms with van der Waals surface area (Å²) >= 11 is 0. The van der Waals surface area contributed by atoms with E-state index in [4.69, 9.17) is 4.42 Å². The lowest BCUT2D eigenvalue weighted by molar-refractivity contribution is 0.0940. The Kier molecular flexibility index (Phi) is 4.54. The third kappa shape index (κ3) is 3.39. The van der Waals surface area contributed by atoms with Crippen LogP contribution in [-0.2, 0) is 0 Å². The number of hydrogen-bond donors (Lipinski definition) is 0. The zero-order valence-electron chi connectivity index (χ0n) is 13.7. The summed E-state index contributed by atoms with van der Waals surface area (Å²) in [6.07, 6.45) is -0.195. The molecule has 0 unspecified atom stereocenters. The third-order valence-corrected chi connectivity index (χ3v) is 3.69. The van der Waals surface area contributed by atoms with E-state index in [1.165, 1.54) is 0 Å². The average molecular weight is 347 g/mol. The molecule has 1 aromatic carbocycles. The Labute approximate surface area is 142 Å². The van der Waals surface area contributed by atoms with Gasteiger partial charge in [-0.25, -0.2) is 13.8 Å². The number of hydrogen-bond acceptors (Lipinski definition) is 6. The van der Waals surface area contributed by atoms with Crippen molar-refractivity contribution < 1.29 is 22.8 Å². The van der Waals surface area contributed by atoms with Gasteiger partial charge in [0.25, 0.3) is 0 Å². The van der Waals surface area contributed by atoms with Crippen LogP contribution in [0.2, 0.25) is 0 Å². The first-order chi connectivity index (χ1) is 11.9. The van der Waals surface area contributed by atoms with Crippen molar-refractivity contribution in [2.75, 3.05) is 27.2 Å². The number of Topliss-reactive ketones (excluding diaryl/α,β-unsaturated/α-hetero) is 2. The number of benzene rings is 1. The second kappa shape index (κ2) is 6.64. The van der Waals surface area contributed by atoms with Gasteiger partial charge in [-0.1, -0.05) is 0 Å². The SMILES string of the molecule is CN(C)CCN=C1CC(=O)c2oc(-c3cc(F)ccc3F)nc2C1=O. The first-order valence-electron chi connectivity index (χ1n) is 7.59. The molecule has 0 amide bonds. The van der Waals surface area contributed by atoms with Gasteiger partial charge >= 0.3 is 0 Å². The third-order valence-electron chi connectivity index (χ3n) is 3.69. The first-order valence-corrected chi connectivity index (χ1v) is 7.59. The van der Waals surface area contributed by atoms with Crippen LogP contribution >= 0.6 is 0 Å². The van der Waals surface area contributed by atoms with Crippen LogP contribution < -0.4 is 0 Å². The summed E-state index contributed by atoms with van der Waals surface area (Å²) in [4.78, 5) is 34.6. The molecule has 0 saturated carbocycles. The average Bonchev–Trinajstić information content (AvgIpc) is 3.00. The molecule has 1 heterocycles. The number of carbonyl (C=O) groups excluding carboxylic acids is 2. The molecule has 0 spiro atoms. The number of aliphatic imine (C=N–C) groups is 1. The highest BCUT2D eigenvalue weighted by molar-refractivity contribution is 6.52. The number of aromatic nitrogens is 1. The van der Waals surface area contributed by atoms with Gasteiger partial charge in [0.05, 0.1) is 24.2 Å². The Morgan fingerprint density at radius 2 is 2.04 bits per heavy atom. The zero-order chi connectivity index (χ0) is 18.1. The van der Waals surface area contributed by atoms with Crippen molar-refractivity contribution in [3.63, 3.8) is 0 Å². The van der Waals surface area contributed by atoms with Crippen LogP contribution in [-0.4, -0.2) is 54.3 Å². The van der Waals surface area contributed by atoms with E-state index < -0.39 is 23.2 Å². The standard InChI is InChI=1S/C17H15F2N3O3/c1-22(2)6-5-20-12-8-13(23)16-14(15(12)24)21-17(25-16)10-7-9(18)3-4-11(10)19/h3-4,7H,5-6,8H2,1-2H3. The number of likely N-dealkylation sites (N-methyl/N-ethyl adjacent to an activating group) is 1. The fourth-order valence-electron chi connectivity index (χ4n) is 2.40. The minimum atomic E-state index is -0.764. The first kappa shape index (κ1) is 17.1. The fraction of sp³-hybridized carbons (Fsp3) is 0.294. The fourth-order valence-corrected chi connectivity index (χ4v) is 2.40. The van der Waals surface area contributed by atoms with Crippen LogP contribution in [0, 0.1) is 11.6 Å². The predicted octanol–water partition coefficient (Wildman–Crippen LogP) is 2.39. The van der Waals surface area contributed by atoms with E-state index in [1.807, 2.05) is 19.0 Å². The normalized spacial score (nSPS) is 16.0. The highest BCUT2D eigenvalue weighted by Crippen LogP contribution is 2.29. The lowest BCUT2D eigenvalue weighted by atomic mass is 9.97. The molecule has 25 heavy (non-hydrogen) atoms. The van der Waals surface area contributed by atoms with Gasteiger partial charge in [0.1, 0.15) is 11.6 Å². The number of carbonyl (C=O) groups is 2. The molecular formula is C17H15F2N3O3. The van der Waals surface area contributed by atoms with Gasteiger partial charge < -0.3 is 9.32 Å². The van der Waals surface area contributed by atoms with Gasteiger partial charge in [-0.15, -0.1) is 0 Å². The quantitative estimate of drug-likeness (QED) is 0.849. The van der Waals surface area contributed by atoms with Crippen molar-refractivity contribution in [2.24, 2.45) is 4.99 Å². The molecule has 2 aromatic rings. The van der Waals surface area contributed by atoms with Gasteiger partial charge in [-0.3, -0.25) is 14.6 Å². The molecule has 0 atom stereocenters. The number of ketones is 2. The Balaban J connectivity index is 1.97. The number of rotatable bonds is 4. The van der Waals surface area contributed by atoms with Crippen molar-refractivity contribution in [1.82, 2.24) is 9.88 Å². The van der Waals surface area contributed by atoms with Crippen LogP contribution in [0.4, 0.5) is 8.78 Å². The number of oxazole rings is 1. The second-order valence-electron chi connectivity index (χ2n) is 5.88. The Morgan fingerprint density at radius 1 is 1.28 bits per heavy atom. The van der Waals surface area contributed by atoms with E-state index in [0.29, 0.717) is 13.1 Å². The van der Waals surface area contributed by atoms with E-state index >= 15 is 0 Å². The highest BCUT2D eigenvalue weighted by atomic mass is 19.1. The topological polar surface area (TPSA) is 75.8 Å². The minimum Gasteiger partial charge on any atom is -0.432 e. The largest absolute Gasteiger partial charge is 0.432 e. The molecule has 0 saturated heterocycles. The molecule has 0 bridgehead atoms. The highest BCUT2D eigenvalue weighted by Gasteiger charge is 2.35. The van der Waals surface area contributed by atoms with Crippen molar-refractivity contribution >= 4 is 17.3 Å². The summed E-state index contributed by atoms with van der Waals surface area (Å²) in [5.74, 6) is -2.99. The maximum Gasteiger partial charge on any atom is 0.230 e. The molecule has 1 aromatic heterocycles. The number of fused-ring (bicyclic) bond motifs is 1. The van der Waals surface area contributed by atoms with Crippen LogP contribution in [0.25, 0.3) is 11.5 Å². The predicted molar refractivity (Wildman–Crippen MR) is 86.0 cm³/mol. The number of halogens is 2. The van der Waals surface area contributed by atoms with Crippen molar-refractivity contribution in [3.8, 4) is 11.5 Å². The molecule has 3 rings (SSSR count). The molecule has 1 aliphatic rings. The lowest BCUT2D eigenvalue weighted by Gasteiger charge is -2.10. The minimum absolute atomic E-state index is 0.0962. The molecule has 0 aliphatic heterocycles. The Bertz CT molecular complexity index is 887. The van der Waals surface area contributed by atoms with Gasteiger partial charge in [-0.05, 0) is 32.3 Å². The van der Waals surface area contributed by atoms with E-state index in [0.717, 1.165) is 18.2 Å². The monoisotopic (exact) mass is 347 g/mol. The second-order valence-corrected chi connectivity index (χ2v) is 5.88. The molecule has 0 N–H and O–H groups in total. The molecule has 8 heteroatoms. The maximum absolute atomic E-state index is 13.9. The summed E-state index contributed by atoms with van der Waals surface area (Å²) in [6.45, 7) is 0.982. The summed E-state index contributed by atoms with van der Waals surface area (Å²) in [6, 6.07) is 2.77. The van der Waals surface area contributed by atoms with E-state index in [1.54, 1.807) is 0 Å². The van der Waals surface area contributed by atoms with Gasteiger partial charge in [0.15, 0.2) is 5.69 Å². The molecule has 130 valence electrons. The van der Waals surface area contributed by atoms with Crippen molar-refractivity contribution in [2.45, 2.75) is 6.42 Å². The van der Waals surface area contributed by atoms with Gasteiger partial charge in [0.2, 0.25) is 23.2 Å². The molecule has 1 aliphatic carbocycles. The smallest absolute Gasteiger partial charge is 0.230 e. The Hall–Kier alpha value is -2.74. The van der Waals surface area contributed by atoms with Gasteiger partial charge in [0, 0.05) is 6.54 Å². The van der Waals surface area contributed by atoms with Crippen molar-refractivity contribution in [1.29, 1.82) is 0 Å². The van der Waals surface area contributed by atoms with Crippen LogP contribution in [0.1, 0.15) is 27.5 Å². The zero-order valence-corrected chi connectivity index (χ0v) is 13.7.